The fraction of sp³-hybridized carbons (Fsp3) is 0.500. The minimum absolute atomic E-state index is 0. The molecule has 0 bridgehead atoms. The quantitative estimate of drug-likeness (QED) is 0.184. The van der Waals surface area contributed by atoms with E-state index in [1.54, 1.807) is 26.0 Å². The molecule has 0 aliphatic heterocycles. The number of carbonyl (C=O) groups excluding carboxylic acids is 2. The minimum atomic E-state index is -0.554. The Balaban J connectivity index is 0. The number of hydrogen-bond acceptors (Lipinski definition) is 8. The third kappa shape index (κ3) is 15.0. The molecule has 10 nitrogen and oxygen atoms in total. The predicted molar refractivity (Wildman–Crippen MR) is 130 cm³/mol. The molecular formula is C24H40N2O8. The fourth-order valence-electron chi connectivity index (χ4n) is 2.52. The average molecular weight is 485 g/mol. The molecule has 2 unspecified atom stereocenters. The standard InChI is InChI=1S/C24H36N2O8.2H2/c1-5-10-29-17-31-15-19(3)33-23(27)25-13-21-8-7-9-22(12-21)14-26-24(28)34-20(4)16-32-18-30-11-6-2;;/h5-9,12,19-20H,1-2,10-11,13-18H2,3-4H3,(H,25,27)(H,26,28);2*1H. The molecule has 0 aliphatic carbocycles. The second kappa shape index (κ2) is 18.5. The van der Waals surface area contributed by atoms with E-state index in [9.17, 15) is 9.59 Å². The van der Waals surface area contributed by atoms with Crippen molar-refractivity contribution in [2.75, 3.05) is 40.0 Å². The largest absolute Gasteiger partial charge is 0.444 e. The van der Waals surface area contributed by atoms with E-state index < -0.39 is 24.4 Å². The van der Waals surface area contributed by atoms with Crippen LogP contribution in [0, 0.1) is 0 Å². The summed E-state index contributed by atoms with van der Waals surface area (Å²) in [6, 6.07) is 7.43. The highest BCUT2D eigenvalue weighted by molar-refractivity contribution is 5.68. The Morgan fingerprint density at radius 3 is 1.71 bits per heavy atom. The van der Waals surface area contributed by atoms with E-state index in [2.05, 4.69) is 23.8 Å². The first-order chi connectivity index (χ1) is 16.4. The molecule has 194 valence electrons. The normalized spacial score (nSPS) is 12.3. The first-order valence-electron chi connectivity index (χ1n) is 10.9. The molecule has 0 saturated carbocycles. The highest BCUT2D eigenvalue weighted by Gasteiger charge is 2.11. The Morgan fingerprint density at radius 2 is 1.29 bits per heavy atom. The molecule has 1 aromatic carbocycles. The Labute approximate surface area is 204 Å². The molecule has 1 rings (SSSR count). The average Bonchev–Trinajstić information content (AvgIpc) is 2.81. The zero-order valence-electron chi connectivity index (χ0n) is 20.0. The molecule has 1 aromatic rings. The SMILES string of the molecule is C=CCOCOCC(C)OC(=O)NCc1cccc(CNC(=O)OC(C)COCOCC=C)c1.[HH].[HH]. The molecule has 0 saturated heterocycles. The number of rotatable bonds is 18. The van der Waals surface area contributed by atoms with E-state index in [0.717, 1.165) is 11.1 Å². The Kier molecular flexibility index (Phi) is 15.8. The topological polar surface area (TPSA) is 114 Å². The highest BCUT2D eigenvalue weighted by atomic mass is 16.7. The van der Waals surface area contributed by atoms with Gasteiger partial charge in [-0.3, -0.25) is 0 Å². The van der Waals surface area contributed by atoms with Crippen LogP contribution in [0.5, 0.6) is 0 Å². The van der Waals surface area contributed by atoms with Crippen molar-refractivity contribution in [3.8, 4) is 0 Å². The van der Waals surface area contributed by atoms with E-state index in [1.807, 2.05) is 24.3 Å². The molecular weight excluding hydrogens is 444 g/mol. The van der Waals surface area contributed by atoms with Gasteiger partial charge >= 0.3 is 12.2 Å². The van der Waals surface area contributed by atoms with Crippen molar-refractivity contribution in [2.24, 2.45) is 0 Å². The summed E-state index contributed by atoms with van der Waals surface area (Å²) in [6.07, 6.45) is 1.27. The van der Waals surface area contributed by atoms with E-state index in [1.165, 1.54) is 0 Å². The Hall–Kier alpha value is -2.92. The van der Waals surface area contributed by atoms with Gasteiger partial charge in [0.25, 0.3) is 0 Å². The van der Waals surface area contributed by atoms with Crippen molar-refractivity contribution in [3.63, 3.8) is 0 Å². The van der Waals surface area contributed by atoms with Gasteiger partial charge in [0, 0.05) is 15.9 Å². The van der Waals surface area contributed by atoms with Gasteiger partial charge in [-0.2, -0.15) is 0 Å². The first kappa shape index (κ1) is 29.1. The van der Waals surface area contributed by atoms with Crippen LogP contribution in [0.2, 0.25) is 0 Å². The van der Waals surface area contributed by atoms with E-state index in [0.29, 0.717) is 13.2 Å². The van der Waals surface area contributed by atoms with Crippen LogP contribution in [0.25, 0.3) is 0 Å². The molecule has 0 aromatic heterocycles. The number of hydrogen-bond donors (Lipinski definition) is 2. The van der Waals surface area contributed by atoms with Gasteiger partial charge < -0.3 is 39.1 Å². The number of benzene rings is 1. The molecule has 34 heavy (non-hydrogen) atoms. The first-order valence-corrected chi connectivity index (χ1v) is 10.9. The summed E-state index contributed by atoms with van der Waals surface area (Å²) in [7, 11) is 0. The van der Waals surface area contributed by atoms with Gasteiger partial charge in [0.2, 0.25) is 0 Å². The molecule has 0 fully saturated rings. The van der Waals surface area contributed by atoms with Crippen molar-refractivity contribution >= 4 is 12.2 Å². The summed E-state index contributed by atoms with van der Waals surface area (Å²) in [4.78, 5) is 23.9. The van der Waals surface area contributed by atoms with Crippen LogP contribution >= 0.6 is 0 Å². The summed E-state index contributed by atoms with van der Waals surface area (Å²) < 4.78 is 31.1. The summed E-state index contributed by atoms with van der Waals surface area (Å²) in [6.45, 7) is 12.5. The Bertz CT molecular complexity index is 697. The molecule has 0 radical (unpaired) electrons. The van der Waals surface area contributed by atoms with Crippen LogP contribution < -0.4 is 10.6 Å². The van der Waals surface area contributed by atoms with Gasteiger partial charge in [-0.25, -0.2) is 9.59 Å². The highest BCUT2D eigenvalue weighted by Crippen LogP contribution is 2.06. The second-order valence-corrected chi connectivity index (χ2v) is 7.26. The third-order valence-corrected chi connectivity index (χ3v) is 3.99. The van der Waals surface area contributed by atoms with Crippen LogP contribution in [-0.4, -0.2) is 64.4 Å². The molecule has 0 spiro atoms. The number of amides is 2. The molecule has 2 atom stereocenters. The smallest absolute Gasteiger partial charge is 0.407 e. The zero-order chi connectivity index (χ0) is 25.0. The molecule has 0 heterocycles. The van der Waals surface area contributed by atoms with Crippen LogP contribution in [0.3, 0.4) is 0 Å². The maximum atomic E-state index is 12.0. The number of carbonyl (C=O) groups is 2. The van der Waals surface area contributed by atoms with E-state index in [4.69, 9.17) is 28.4 Å². The zero-order valence-corrected chi connectivity index (χ0v) is 20.0. The Morgan fingerprint density at radius 1 is 0.853 bits per heavy atom. The van der Waals surface area contributed by atoms with Crippen molar-refractivity contribution in [1.29, 1.82) is 0 Å². The third-order valence-electron chi connectivity index (χ3n) is 3.99. The van der Waals surface area contributed by atoms with Crippen molar-refractivity contribution in [3.05, 3.63) is 60.7 Å². The lowest BCUT2D eigenvalue weighted by Gasteiger charge is -2.15. The monoisotopic (exact) mass is 484 g/mol. The maximum Gasteiger partial charge on any atom is 0.407 e. The van der Waals surface area contributed by atoms with Crippen LogP contribution in [-0.2, 0) is 41.5 Å². The van der Waals surface area contributed by atoms with Crippen molar-refractivity contribution in [2.45, 2.75) is 39.1 Å². The molecule has 2 N–H and O–H groups in total. The summed E-state index contributed by atoms with van der Waals surface area (Å²) in [5.74, 6) is 0. The number of ether oxygens (including phenoxy) is 6. The van der Waals surface area contributed by atoms with Gasteiger partial charge in [-0.05, 0) is 25.0 Å². The van der Waals surface area contributed by atoms with Crippen molar-refractivity contribution in [1.82, 2.24) is 10.6 Å². The number of nitrogens with one attached hydrogen (secondary N) is 2. The maximum absolute atomic E-state index is 12.0. The lowest BCUT2D eigenvalue weighted by atomic mass is 10.1. The van der Waals surface area contributed by atoms with Gasteiger partial charge in [0.15, 0.2) is 0 Å². The van der Waals surface area contributed by atoms with E-state index >= 15 is 0 Å². The predicted octanol–water partition coefficient (Wildman–Crippen LogP) is 3.76. The lowest BCUT2D eigenvalue weighted by molar-refractivity contribution is -0.0699. The van der Waals surface area contributed by atoms with Crippen molar-refractivity contribution < 1.29 is 40.9 Å². The lowest BCUT2D eigenvalue weighted by Crippen LogP contribution is -2.30. The van der Waals surface area contributed by atoms with Gasteiger partial charge in [-0.15, -0.1) is 13.2 Å². The molecule has 0 aliphatic rings. The van der Waals surface area contributed by atoms with Gasteiger partial charge in [0.05, 0.1) is 26.4 Å². The summed E-state index contributed by atoms with van der Waals surface area (Å²) in [5.41, 5.74) is 1.71. The summed E-state index contributed by atoms with van der Waals surface area (Å²) in [5, 5.41) is 5.38. The van der Waals surface area contributed by atoms with Gasteiger partial charge in [0.1, 0.15) is 25.8 Å². The molecule has 2 amide bonds. The minimum Gasteiger partial charge on any atom is -0.444 e. The number of alkyl carbamates (subject to hydrolysis) is 2. The van der Waals surface area contributed by atoms with E-state index in [-0.39, 0.29) is 42.7 Å². The summed E-state index contributed by atoms with van der Waals surface area (Å²) >= 11 is 0. The fourth-order valence-corrected chi connectivity index (χ4v) is 2.52. The van der Waals surface area contributed by atoms with Crippen LogP contribution in [0.1, 0.15) is 27.8 Å². The van der Waals surface area contributed by atoms with Crippen LogP contribution in [0.4, 0.5) is 9.59 Å². The van der Waals surface area contributed by atoms with Gasteiger partial charge in [-0.1, -0.05) is 36.4 Å². The van der Waals surface area contributed by atoms with Crippen LogP contribution in [0.15, 0.2) is 49.6 Å². The second-order valence-electron chi connectivity index (χ2n) is 7.26. The molecule has 10 heteroatoms.